The number of aliphatic hydroxyl groups is 2. The third-order valence-electron chi connectivity index (χ3n) is 0.478. The van der Waals surface area contributed by atoms with Crippen LogP contribution in [0.4, 0.5) is 0 Å². The summed E-state index contributed by atoms with van der Waals surface area (Å²) in [5.41, 5.74) is 0. The van der Waals surface area contributed by atoms with E-state index < -0.39 is 6.10 Å². The molecule has 0 radical (unpaired) electrons. The van der Waals surface area contributed by atoms with Gasteiger partial charge in [-0.15, -0.1) is 0 Å². The molecule has 0 aliphatic heterocycles. The summed E-state index contributed by atoms with van der Waals surface area (Å²) in [5, 5.41) is 16.5. The van der Waals surface area contributed by atoms with Crippen molar-refractivity contribution in [3.63, 3.8) is 0 Å². The molecule has 9 heavy (non-hydrogen) atoms. The molecule has 0 aromatic rings. The summed E-state index contributed by atoms with van der Waals surface area (Å²) in [6.07, 6.45) is -0.794. The van der Waals surface area contributed by atoms with E-state index in [1.165, 1.54) is 0 Å². The molecule has 0 amide bonds. The highest BCUT2D eigenvalue weighted by atomic mass is 32.1. The number of hydrogen-bond acceptors (Lipinski definition) is 5. The van der Waals surface area contributed by atoms with Gasteiger partial charge < -0.3 is 26.0 Å². The summed E-state index contributed by atoms with van der Waals surface area (Å²) < 4.78 is 4.18. The molecule has 0 fully saturated rings. The monoisotopic (exact) mass is 159 g/mol. The highest BCUT2D eigenvalue weighted by Gasteiger charge is 1.97. The molecule has 0 aliphatic carbocycles. The first-order chi connectivity index (χ1) is 3.31. The van der Waals surface area contributed by atoms with E-state index in [1.807, 2.05) is 0 Å². The number of aliphatic hydroxyl groups excluding tert-OH is 2. The lowest BCUT2D eigenvalue weighted by molar-refractivity contribution is 0.0611. The van der Waals surface area contributed by atoms with Gasteiger partial charge in [0.1, 0.15) is 6.10 Å². The van der Waals surface area contributed by atoms with Crippen molar-refractivity contribution < 1.29 is 19.9 Å². The first kappa shape index (κ1) is 16.1. The Bertz CT molecular complexity index is 46.8. The summed E-state index contributed by atoms with van der Waals surface area (Å²) in [6, 6.07) is 0. The van der Waals surface area contributed by atoms with Gasteiger partial charge in [-0.05, 0) is 12.9 Å². The van der Waals surface area contributed by atoms with E-state index in [0.29, 0.717) is 0 Å². The fourth-order valence-corrected chi connectivity index (χ4v) is 0.311. The van der Waals surface area contributed by atoms with Gasteiger partial charge in [0.05, 0.1) is 13.2 Å². The molecule has 7 N–H and O–H groups in total. The molecular formula is C3H13NO4S. The van der Waals surface area contributed by atoms with E-state index in [-0.39, 0.29) is 24.8 Å². The second-order valence-electron chi connectivity index (χ2n) is 1.13. The summed E-state index contributed by atoms with van der Waals surface area (Å²) in [4.78, 5) is 0. The smallest absolute Gasteiger partial charge is 0.102 e. The molecule has 1 atom stereocenters. The quantitative estimate of drug-likeness (QED) is 0.297. The van der Waals surface area contributed by atoms with Gasteiger partial charge in [0.25, 0.3) is 0 Å². The van der Waals surface area contributed by atoms with Crippen molar-refractivity contribution in [1.82, 2.24) is 6.15 Å². The average molecular weight is 159 g/mol. The van der Waals surface area contributed by atoms with Crippen LogP contribution in [0.3, 0.4) is 0 Å². The van der Waals surface area contributed by atoms with E-state index in [0.717, 1.165) is 0 Å². The molecule has 60 valence electrons. The molecule has 0 aromatic heterocycles. The third kappa shape index (κ3) is 11.6. The Labute approximate surface area is 59.2 Å². The van der Waals surface area contributed by atoms with Crippen LogP contribution in [0, 0.1) is 0 Å². The fourth-order valence-electron chi connectivity index (χ4n) is 0.139. The van der Waals surface area contributed by atoms with E-state index >= 15 is 0 Å². The Hall–Kier alpha value is 0.150. The fraction of sp³-hybridized carbons (Fsp3) is 1.00. The van der Waals surface area contributed by atoms with Crippen molar-refractivity contribution in [2.45, 2.75) is 6.10 Å². The number of thiol groups is 1. The van der Waals surface area contributed by atoms with Crippen molar-refractivity contribution in [1.29, 1.82) is 0 Å². The molecule has 0 heterocycles. The van der Waals surface area contributed by atoms with Gasteiger partial charge >= 0.3 is 0 Å². The SMILES string of the molecule is N.O.OCC(O)COS. The topological polar surface area (TPSA) is 116 Å². The van der Waals surface area contributed by atoms with Gasteiger partial charge in [-0.25, -0.2) is 0 Å². The molecule has 1 unspecified atom stereocenters. The standard InChI is InChI=1S/C3H8O3S.H3N.H2O/c4-1-3(5)2-6-7;;/h3-5,7H,1-2H2;1H3;1H2. The zero-order valence-electron chi connectivity index (χ0n) is 4.95. The largest absolute Gasteiger partial charge is 0.412 e. The van der Waals surface area contributed by atoms with Crippen LogP contribution in [0.5, 0.6) is 0 Å². The highest BCUT2D eigenvalue weighted by Crippen LogP contribution is 1.83. The minimum Gasteiger partial charge on any atom is -0.412 e. The van der Waals surface area contributed by atoms with Crippen LogP contribution < -0.4 is 6.15 Å². The Balaban J connectivity index is -0.000000180. The van der Waals surface area contributed by atoms with Gasteiger partial charge in [-0.2, -0.15) is 0 Å². The molecule has 0 saturated carbocycles. The van der Waals surface area contributed by atoms with Gasteiger partial charge in [-0.1, -0.05) is 0 Å². The maximum atomic E-state index is 8.43. The minimum atomic E-state index is -0.794. The molecule has 0 aliphatic rings. The minimum absolute atomic E-state index is 0. The first-order valence-electron chi connectivity index (χ1n) is 1.86. The predicted octanol–water partition coefficient (Wildman–Crippen LogP) is -1.46. The zero-order valence-corrected chi connectivity index (χ0v) is 5.84. The zero-order chi connectivity index (χ0) is 5.70. The maximum Gasteiger partial charge on any atom is 0.102 e. The van der Waals surface area contributed by atoms with Gasteiger partial charge in [0.2, 0.25) is 0 Å². The average Bonchev–Trinajstić information content (AvgIpc) is 1.68. The molecule has 0 rings (SSSR count). The molecule has 5 nitrogen and oxygen atoms in total. The van der Waals surface area contributed by atoms with Crippen LogP contribution in [0.1, 0.15) is 0 Å². The van der Waals surface area contributed by atoms with Gasteiger partial charge in [-0.3, -0.25) is 0 Å². The summed E-state index contributed by atoms with van der Waals surface area (Å²) in [6.45, 7) is -0.208. The maximum absolute atomic E-state index is 8.43. The van der Waals surface area contributed by atoms with Crippen LogP contribution in [-0.4, -0.2) is 35.0 Å². The van der Waals surface area contributed by atoms with Gasteiger partial charge in [0.15, 0.2) is 0 Å². The van der Waals surface area contributed by atoms with Crippen LogP contribution in [-0.2, 0) is 4.18 Å². The first-order valence-corrected chi connectivity index (χ1v) is 2.23. The van der Waals surface area contributed by atoms with Gasteiger partial charge in [0, 0.05) is 0 Å². The molecular weight excluding hydrogens is 146 g/mol. The Morgan fingerprint density at radius 3 is 2.11 bits per heavy atom. The van der Waals surface area contributed by atoms with Crippen molar-refractivity contribution in [3.05, 3.63) is 0 Å². The van der Waals surface area contributed by atoms with Crippen molar-refractivity contribution in [3.8, 4) is 0 Å². The second-order valence-corrected chi connectivity index (χ2v) is 1.39. The van der Waals surface area contributed by atoms with Crippen LogP contribution in [0.2, 0.25) is 0 Å². The summed E-state index contributed by atoms with van der Waals surface area (Å²) in [7, 11) is 0. The van der Waals surface area contributed by atoms with Crippen LogP contribution in [0.15, 0.2) is 0 Å². The molecule has 6 heteroatoms. The van der Waals surface area contributed by atoms with Crippen molar-refractivity contribution in [2.75, 3.05) is 13.2 Å². The molecule has 0 bridgehead atoms. The molecule has 0 saturated heterocycles. The normalized spacial score (nSPS) is 11.0. The lowest BCUT2D eigenvalue weighted by atomic mass is 10.4. The number of rotatable bonds is 3. The van der Waals surface area contributed by atoms with E-state index in [9.17, 15) is 0 Å². The van der Waals surface area contributed by atoms with Crippen molar-refractivity contribution >= 4 is 12.9 Å². The Kier molecular flexibility index (Phi) is 19.7. The highest BCUT2D eigenvalue weighted by molar-refractivity contribution is 7.75. The van der Waals surface area contributed by atoms with Crippen molar-refractivity contribution in [2.24, 2.45) is 0 Å². The van der Waals surface area contributed by atoms with E-state index in [4.69, 9.17) is 10.2 Å². The lowest BCUT2D eigenvalue weighted by Crippen LogP contribution is -2.16. The van der Waals surface area contributed by atoms with E-state index in [2.05, 4.69) is 17.1 Å². The summed E-state index contributed by atoms with van der Waals surface area (Å²) >= 11 is 3.34. The number of hydrogen-bond donors (Lipinski definition) is 4. The second kappa shape index (κ2) is 11.0. The third-order valence-corrected chi connectivity index (χ3v) is 0.627. The predicted molar refractivity (Wildman–Crippen MR) is 36.7 cm³/mol. The van der Waals surface area contributed by atoms with Crippen LogP contribution in [0.25, 0.3) is 0 Å². The Morgan fingerprint density at radius 2 is 2.00 bits per heavy atom. The summed E-state index contributed by atoms with van der Waals surface area (Å²) in [5.74, 6) is 0. The molecule has 0 spiro atoms. The lowest BCUT2D eigenvalue weighted by Gasteiger charge is -2.00. The van der Waals surface area contributed by atoms with E-state index in [1.54, 1.807) is 0 Å². The Morgan fingerprint density at radius 1 is 1.56 bits per heavy atom. The van der Waals surface area contributed by atoms with Crippen LogP contribution >= 0.6 is 12.9 Å². The molecule has 0 aromatic carbocycles.